The number of hydrogen-bond acceptors (Lipinski definition) is 6. The fourth-order valence-electron chi connectivity index (χ4n) is 4.29. The summed E-state index contributed by atoms with van der Waals surface area (Å²) in [4.78, 5) is 14.6. The third-order valence-corrected chi connectivity index (χ3v) is 9.89. The second-order valence-electron chi connectivity index (χ2n) is 8.69. The molecule has 10 heteroatoms. The normalized spacial score (nSPS) is 24.4. The minimum atomic E-state index is -3.13. The second-order valence-corrected chi connectivity index (χ2v) is 13.1. The van der Waals surface area contributed by atoms with Crippen LogP contribution in [0, 0.1) is 13.8 Å². The van der Waals surface area contributed by atoms with Crippen LogP contribution in [0.25, 0.3) is 11.3 Å². The summed E-state index contributed by atoms with van der Waals surface area (Å²) in [6.45, 7) is 4.01. The predicted molar refractivity (Wildman–Crippen MR) is 119 cm³/mol. The zero-order valence-corrected chi connectivity index (χ0v) is 19.5. The molecule has 1 aromatic carbocycles. The Balaban J connectivity index is 1.72. The van der Waals surface area contributed by atoms with E-state index >= 15 is 0 Å². The summed E-state index contributed by atoms with van der Waals surface area (Å²) in [5.41, 5.74) is 3.98. The van der Waals surface area contributed by atoms with Gasteiger partial charge in [-0.25, -0.2) is 16.8 Å². The Kier molecular flexibility index (Phi) is 5.49. The lowest BCUT2D eigenvalue weighted by Crippen LogP contribution is -2.38. The van der Waals surface area contributed by atoms with Crippen molar-refractivity contribution in [1.29, 1.82) is 0 Å². The summed E-state index contributed by atoms with van der Waals surface area (Å²) >= 11 is 0. The Morgan fingerprint density at radius 3 is 2.26 bits per heavy atom. The molecular formula is C21H27N3O5S2. The van der Waals surface area contributed by atoms with Gasteiger partial charge in [-0.05, 0) is 49.9 Å². The van der Waals surface area contributed by atoms with E-state index in [2.05, 4.69) is 5.10 Å². The van der Waals surface area contributed by atoms with E-state index in [9.17, 15) is 21.6 Å². The molecule has 2 saturated heterocycles. The molecule has 0 unspecified atom stereocenters. The highest BCUT2D eigenvalue weighted by Crippen LogP contribution is 2.31. The van der Waals surface area contributed by atoms with Crippen LogP contribution in [-0.2, 0) is 19.7 Å². The summed E-state index contributed by atoms with van der Waals surface area (Å²) < 4.78 is 49.5. The lowest BCUT2D eigenvalue weighted by Gasteiger charge is -2.22. The van der Waals surface area contributed by atoms with Gasteiger partial charge in [-0.1, -0.05) is 12.1 Å². The lowest BCUT2D eigenvalue weighted by atomic mass is 10.0. The van der Waals surface area contributed by atoms with Crippen molar-refractivity contribution in [2.45, 2.75) is 38.8 Å². The topological polar surface area (TPSA) is 106 Å². The third kappa shape index (κ3) is 4.41. The molecule has 2 aliphatic rings. The summed E-state index contributed by atoms with van der Waals surface area (Å²) in [7, 11) is -4.66. The molecule has 2 aromatic rings. The van der Waals surface area contributed by atoms with Crippen molar-refractivity contribution in [3.05, 3.63) is 41.1 Å². The largest absolute Gasteiger partial charge is 0.336 e. The number of nitrogens with zero attached hydrogens (tertiary/aromatic N) is 3. The maximum absolute atomic E-state index is 13.1. The lowest BCUT2D eigenvalue weighted by molar-refractivity contribution is 0.0740. The number of carbonyl (C=O) groups excluding carboxylic acids is 1. The van der Waals surface area contributed by atoms with Gasteiger partial charge < -0.3 is 4.90 Å². The molecule has 0 N–H and O–H groups in total. The number of amides is 1. The van der Waals surface area contributed by atoms with Crippen LogP contribution in [0.1, 0.15) is 40.5 Å². The van der Waals surface area contributed by atoms with Crippen LogP contribution in [0.5, 0.6) is 0 Å². The van der Waals surface area contributed by atoms with E-state index in [1.54, 1.807) is 17.8 Å². The molecule has 0 bridgehead atoms. The molecule has 0 radical (unpaired) electrons. The number of rotatable bonds is 4. The van der Waals surface area contributed by atoms with E-state index in [4.69, 9.17) is 0 Å². The van der Waals surface area contributed by atoms with Gasteiger partial charge in [0.1, 0.15) is 0 Å². The third-order valence-electron chi connectivity index (χ3n) is 6.39. The first-order valence-corrected chi connectivity index (χ1v) is 14.0. The molecule has 31 heavy (non-hydrogen) atoms. The molecule has 3 heterocycles. The minimum Gasteiger partial charge on any atom is -0.336 e. The molecule has 2 aliphatic heterocycles. The number of aromatic nitrogens is 2. The van der Waals surface area contributed by atoms with Crippen LogP contribution in [0.2, 0.25) is 0 Å². The maximum Gasteiger partial charge on any atom is 0.274 e. The molecule has 0 saturated carbocycles. The fourth-order valence-corrected chi connectivity index (χ4v) is 7.76. The van der Waals surface area contributed by atoms with Crippen LogP contribution < -0.4 is 0 Å². The molecule has 0 spiro atoms. The minimum absolute atomic E-state index is 0.00311. The van der Waals surface area contributed by atoms with Crippen LogP contribution in [0.3, 0.4) is 0 Å². The number of benzene rings is 1. The first kappa shape index (κ1) is 22.0. The van der Waals surface area contributed by atoms with Crippen molar-refractivity contribution in [3.8, 4) is 11.3 Å². The van der Waals surface area contributed by atoms with Crippen molar-refractivity contribution >= 4 is 25.6 Å². The number of aryl methyl sites for hydroxylation is 2. The van der Waals surface area contributed by atoms with Crippen LogP contribution in [-0.4, -0.2) is 73.5 Å². The Morgan fingerprint density at radius 1 is 1.00 bits per heavy atom. The van der Waals surface area contributed by atoms with E-state index in [0.29, 0.717) is 18.5 Å². The maximum atomic E-state index is 13.1. The Hall–Kier alpha value is -2.20. The average Bonchev–Trinajstić information content (AvgIpc) is 3.39. The van der Waals surface area contributed by atoms with Gasteiger partial charge in [0.15, 0.2) is 25.4 Å². The standard InChI is InChI=1S/C21H27N3O5S2/c1-14-4-5-16(10-15(14)2)20-11-19(22-24(20)18-7-9-31(28,29)13-18)21(25)23(3)17-6-8-30(26,27)12-17/h4-5,10-11,17-18H,6-9,12-13H2,1-3H3/t17-,18-/m0/s1. The molecule has 1 aromatic heterocycles. The van der Waals surface area contributed by atoms with Gasteiger partial charge in [0.25, 0.3) is 5.91 Å². The van der Waals surface area contributed by atoms with Crippen molar-refractivity contribution in [3.63, 3.8) is 0 Å². The summed E-state index contributed by atoms with van der Waals surface area (Å²) in [6, 6.07) is 6.93. The highest BCUT2D eigenvalue weighted by atomic mass is 32.2. The van der Waals surface area contributed by atoms with Gasteiger partial charge in [-0.2, -0.15) is 5.10 Å². The van der Waals surface area contributed by atoms with Crippen LogP contribution in [0.15, 0.2) is 24.3 Å². The monoisotopic (exact) mass is 465 g/mol. The fraction of sp³-hybridized carbons (Fsp3) is 0.524. The van der Waals surface area contributed by atoms with Gasteiger partial charge in [-0.3, -0.25) is 9.48 Å². The zero-order valence-electron chi connectivity index (χ0n) is 17.9. The van der Waals surface area contributed by atoms with Gasteiger partial charge >= 0.3 is 0 Å². The predicted octanol–water partition coefficient (Wildman–Crippen LogP) is 1.79. The SMILES string of the molecule is Cc1ccc(-c2cc(C(=O)N(C)[C@H]3CCS(=O)(=O)C3)nn2[C@H]2CCS(=O)(=O)C2)cc1C. The Bertz CT molecular complexity index is 1250. The molecule has 2 atom stereocenters. The molecular weight excluding hydrogens is 438 g/mol. The summed E-state index contributed by atoms with van der Waals surface area (Å²) in [5, 5.41) is 4.53. The average molecular weight is 466 g/mol. The van der Waals surface area contributed by atoms with Crippen molar-refractivity contribution in [1.82, 2.24) is 14.7 Å². The number of hydrogen-bond donors (Lipinski definition) is 0. The zero-order chi connectivity index (χ0) is 22.6. The molecule has 168 valence electrons. The van der Waals surface area contributed by atoms with E-state index in [0.717, 1.165) is 16.7 Å². The van der Waals surface area contributed by atoms with Gasteiger partial charge in [0.2, 0.25) is 0 Å². The first-order chi connectivity index (χ1) is 14.5. The number of carbonyl (C=O) groups is 1. The van der Waals surface area contributed by atoms with E-state index < -0.39 is 19.7 Å². The molecule has 0 aliphatic carbocycles. The number of sulfone groups is 2. The van der Waals surface area contributed by atoms with E-state index in [1.165, 1.54) is 4.90 Å². The highest BCUT2D eigenvalue weighted by Gasteiger charge is 2.36. The second kappa shape index (κ2) is 7.74. The molecule has 8 nitrogen and oxygen atoms in total. The highest BCUT2D eigenvalue weighted by molar-refractivity contribution is 7.91. The van der Waals surface area contributed by atoms with E-state index in [-0.39, 0.29) is 46.7 Å². The molecule has 1 amide bonds. The van der Waals surface area contributed by atoms with Gasteiger partial charge in [0, 0.05) is 18.7 Å². The van der Waals surface area contributed by atoms with Crippen LogP contribution >= 0.6 is 0 Å². The Labute approximate surface area is 183 Å². The van der Waals surface area contributed by atoms with E-state index in [1.807, 2.05) is 32.0 Å². The van der Waals surface area contributed by atoms with Crippen molar-refractivity contribution in [2.75, 3.05) is 30.1 Å². The van der Waals surface area contributed by atoms with Gasteiger partial charge in [0.05, 0.1) is 34.7 Å². The van der Waals surface area contributed by atoms with Crippen LogP contribution in [0.4, 0.5) is 0 Å². The first-order valence-electron chi connectivity index (χ1n) is 10.3. The molecule has 4 rings (SSSR count). The van der Waals surface area contributed by atoms with Gasteiger partial charge in [-0.15, -0.1) is 0 Å². The quantitative estimate of drug-likeness (QED) is 0.681. The van der Waals surface area contributed by atoms with Crippen molar-refractivity contribution in [2.24, 2.45) is 0 Å². The summed E-state index contributed by atoms with van der Waals surface area (Å²) in [6.07, 6.45) is 0.863. The summed E-state index contributed by atoms with van der Waals surface area (Å²) in [5.74, 6) is -0.214. The van der Waals surface area contributed by atoms with Crippen molar-refractivity contribution < 1.29 is 21.6 Å². The molecule has 2 fully saturated rings. The smallest absolute Gasteiger partial charge is 0.274 e. The Morgan fingerprint density at radius 2 is 1.68 bits per heavy atom.